The van der Waals surface area contributed by atoms with Gasteiger partial charge in [0.1, 0.15) is 5.82 Å². The standard InChI is InChI=1S/C17H25N5O2/c1-24-11-6-18-17(23)13-22-9-7-21(8-10-22)12-16-19-14-4-2-3-5-15(14)20-16/h2-5H,6-13H2,1H3,(H,18,23)(H,19,20). The fourth-order valence-corrected chi connectivity index (χ4v) is 2.95. The highest BCUT2D eigenvalue weighted by Gasteiger charge is 2.19. The summed E-state index contributed by atoms with van der Waals surface area (Å²) in [6.45, 7) is 6.10. The predicted molar refractivity (Wildman–Crippen MR) is 92.7 cm³/mol. The molecule has 1 aromatic heterocycles. The lowest BCUT2D eigenvalue weighted by Crippen LogP contribution is -2.49. The molecule has 0 spiro atoms. The molecular formula is C17H25N5O2. The molecule has 0 unspecified atom stereocenters. The molecule has 7 nitrogen and oxygen atoms in total. The molecule has 1 amide bonds. The van der Waals surface area contributed by atoms with Gasteiger partial charge < -0.3 is 15.0 Å². The van der Waals surface area contributed by atoms with Crippen molar-refractivity contribution >= 4 is 16.9 Å². The molecule has 0 radical (unpaired) electrons. The highest BCUT2D eigenvalue weighted by atomic mass is 16.5. The highest BCUT2D eigenvalue weighted by Crippen LogP contribution is 2.12. The van der Waals surface area contributed by atoms with Gasteiger partial charge in [0.2, 0.25) is 5.91 Å². The minimum Gasteiger partial charge on any atom is -0.383 e. The van der Waals surface area contributed by atoms with Crippen LogP contribution in [0.2, 0.25) is 0 Å². The van der Waals surface area contributed by atoms with Gasteiger partial charge in [0, 0.05) is 39.8 Å². The zero-order valence-electron chi connectivity index (χ0n) is 14.1. The van der Waals surface area contributed by atoms with Crippen LogP contribution in [0.3, 0.4) is 0 Å². The highest BCUT2D eigenvalue weighted by molar-refractivity contribution is 5.78. The number of carbonyl (C=O) groups is 1. The molecule has 2 aromatic rings. The first-order valence-corrected chi connectivity index (χ1v) is 8.38. The van der Waals surface area contributed by atoms with Gasteiger partial charge in [-0.1, -0.05) is 12.1 Å². The Morgan fingerprint density at radius 1 is 1.25 bits per heavy atom. The number of nitrogens with one attached hydrogen (secondary N) is 2. The largest absolute Gasteiger partial charge is 0.383 e. The van der Waals surface area contributed by atoms with Crippen LogP contribution >= 0.6 is 0 Å². The van der Waals surface area contributed by atoms with Gasteiger partial charge in [-0.3, -0.25) is 14.6 Å². The number of fused-ring (bicyclic) bond motifs is 1. The molecule has 1 fully saturated rings. The number of para-hydroxylation sites is 2. The Hall–Kier alpha value is -1.96. The van der Waals surface area contributed by atoms with Crippen molar-refractivity contribution in [2.75, 3.05) is 53.0 Å². The van der Waals surface area contributed by atoms with Gasteiger partial charge in [-0.25, -0.2) is 4.98 Å². The first-order valence-electron chi connectivity index (χ1n) is 8.38. The van der Waals surface area contributed by atoms with E-state index < -0.39 is 0 Å². The van der Waals surface area contributed by atoms with E-state index >= 15 is 0 Å². The summed E-state index contributed by atoms with van der Waals surface area (Å²) >= 11 is 0. The van der Waals surface area contributed by atoms with E-state index in [2.05, 4.69) is 25.1 Å². The smallest absolute Gasteiger partial charge is 0.234 e. The second kappa shape index (κ2) is 8.23. The maximum Gasteiger partial charge on any atom is 0.234 e. The van der Waals surface area contributed by atoms with Gasteiger partial charge in [0.05, 0.1) is 30.7 Å². The maximum absolute atomic E-state index is 11.8. The van der Waals surface area contributed by atoms with E-state index in [0.717, 1.165) is 49.6 Å². The van der Waals surface area contributed by atoms with Crippen LogP contribution in [0, 0.1) is 0 Å². The van der Waals surface area contributed by atoms with Crippen LogP contribution in [-0.4, -0.2) is 78.7 Å². The van der Waals surface area contributed by atoms with Crippen molar-refractivity contribution < 1.29 is 9.53 Å². The van der Waals surface area contributed by atoms with Crippen LogP contribution in [0.5, 0.6) is 0 Å². The molecule has 7 heteroatoms. The topological polar surface area (TPSA) is 73.5 Å². The summed E-state index contributed by atoms with van der Waals surface area (Å²) in [6, 6.07) is 8.09. The van der Waals surface area contributed by atoms with Crippen molar-refractivity contribution in [1.29, 1.82) is 0 Å². The average molecular weight is 331 g/mol. The molecule has 24 heavy (non-hydrogen) atoms. The van der Waals surface area contributed by atoms with Crippen molar-refractivity contribution in [2.45, 2.75) is 6.54 Å². The number of hydrogen-bond donors (Lipinski definition) is 2. The number of methoxy groups -OCH3 is 1. The van der Waals surface area contributed by atoms with E-state index in [1.807, 2.05) is 24.3 Å². The number of piperazine rings is 1. The first-order chi connectivity index (χ1) is 11.7. The molecule has 2 N–H and O–H groups in total. The van der Waals surface area contributed by atoms with Gasteiger partial charge in [-0.05, 0) is 12.1 Å². The fraction of sp³-hybridized carbons (Fsp3) is 0.529. The number of aromatic amines is 1. The van der Waals surface area contributed by atoms with E-state index in [0.29, 0.717) is 19.7 Å². The third-order valence-electron chi connectivity index (χ3n) is 4.27. The fourth-order valence-electron chi connectivity index (χ4n) is 2.95. The molecule has 2 heterocycles. The molecule has 0 atom stereocenters. The monoisotopic (exact) mass is 331 g/mol. The maximum atomic E-state index is 11.8. The van der Waals surface area contributed by atoms with Crippen LogP contribution < -0.4 is 5.32 Å². The van der Waals surface area contributed by atoms with Crippen molar-refractivity contribution in [3.8, 4) is 0 Å². The van der Waals surface area contributed by atoms with Crippen LogP contribution in [0.1, 0.15) is 5.82 Å². The van der Waals surface area contributed by atoms with E-state index in [-0.39, 0.29) is 5.91 Å². The Balaban J connectivity index is 1.42. The van der Waals surface area contributed by atoms with Crippen molar-refractivity contribution in [3.05, 3.63) is 30.1 Å². The Bertz CT molecular complexity index is 631. The number of carbonyl (C=O) groups excluding carboxylic acids is 1. The number of amides is 1. The Morgan fingerprint density at radius 3 is 2.75 bits per heavy atom. The number of aromatic nitrogens is 2. The van der Waals surface area contributed by atoms with Gasteiger partial charge in [-0.15, -0.1) is 0 Å². The quantitative estimate of drug-likeness (QED) is 0.721. The lowest BCUT2D eigenvalue weighted by molar-refractivity contribution is -0.122. The van der Waals surface area contributed by atoms with E-state index in [4.69, 9.17) is 4.74 Å². The summed E-state index contributed by atoms with van der Waals surface area (Å²) in [5, 5.41) is 2.86. The van der Waals surface area contributed by atoms with Crippen LogP contribution in [0.4, 0.5) is 0 Å². The predicted octanol–water partition coefficient (Wildman–Crippen LogP) is 0.443. The third kappa shape index (κ3) is 4.53. The molecule has 0 saturated carbocycles. The molecule has 1 aliphatic rings. The molecule has 130 valence electrons. The van der Waals surface area contributed by atoms with E-state index in [1.165, 1.54) is 0 Å². The molecule has 3 rings (SSSR count). The summed E-state index contributed by atoms with van der Waals surface area (Å²) in [5.74, 6) is 1.07. The van der Waals surface area contributed by atoms with Crippen molar-refractivity contribution in [1.82, 2.24) is 25.1 Å². The molecular weight excluding hydrogens is 306 g/mol. The minimum absolute atomic E-state index is 0.0674. The number of benzene rings is 1. The summed E-state index contributed by atoms with van der Waals surface area (Å²) in [6.07, 6.45) is 0. The Morgan fingerprint density at radius 2 is 2.00 bits per heavy atom. The molecule has 0 aliphatic carbocycles. The number of nitrogens with zero attached hydrogens (tertiary/aromatic N) is 3. The zero-order valence-corrected chi connectivity index (χ0v) is 14.1. The summed E-state index contributed by atoms with van der Waals surface area (Å²) in [4.78, 5) is 24.4. The second-order valence-electron chi connectivity index (χ2n) is 6.10. The molecule has 1 aliphatic heterocycles. The lowest BCUT2D eigenvalue weighted by atomic mass is 10.3. The second-order valence-corrected chi connectivity index (χ2v) is 6.10. The normalized spacial score (nSPS) is 16.5. The van der Waals surface area contributed by atoms with Gasteiger partial charge in [0.25, 0.3) is 0 Å². The van der Waals surface area contributed by atoms with Crippen LogP contribution in [0.25, 0.3) is 11.0 Å². The van der Waals surface area contributed by atoms with E-state index in [9.17, 15) is 4.79 Å². The Labute approximate surface area is 142 Å². The number of ether oxygens (including phenoxy) is 1. The molecule has 1 saturated heterocycles. The van der Waals surface area contributed by atoms with Crippen molar-refractivity contribution in [3.63, 3.8) is 0 Å². The summed E-state index contributed by atoms with van der Waals surface area (Å²) in [7, 11) is 1.63. The Kier molecular flexibility index (Phi) is 5.79. The number of H-pyrrole nitrogens is 1. The van der Waals surface area contributed by atoms with Gasteiger partial charge in [0.15, 0.2) is 0 Å². The first kappa shape index (κ1) is 16.9. The number of imidazole rings is 1. The van der Waals surface area contributed by atoms with E-state index in [1.54, 1.807) is 7.11 Å². The lowest BCUT2D eigenvalue weighted by Gasteiger charge is -2.33. The third-order valence-corrected chi connectivity index (χ3v) is 4.27. The average Bonchev–Trinajstić information content (AvgIpc) is 2.99. The molecule has 1 aromatic carbocycles. The summed E-state index contributed by atoms with van der Waals surface area (Å²) < 4.78 is 4.93. The summed E-state index contributed by atoms with van der Waals surface area (Å²) in [5.41, 5.74) is 2.10. The number of hydrogen-bond acceptors (Lipinski definition) is 5. The van der Waals surface area contributed by atoms with Crippen LogP contribution in [0.15, 0.2) is 24.3 Å². The minimum atomic E-state index is 0.0674. The SMILES string of the molecule is COCCNC(=O)CN1CCN(Cc2nc3ccccc3[nH]2)CC1. The molecule has 0 bridgehead atoms. The van der Waals surface area contributed by atoms with Crippen LogP contribution in [-0.2, 0) is 16.1 Å². The van der Waals surface area contributed by atoms with Gasteiger partial charge in [-0.2, -0.15) is 0 Å². The van der Waals surface area contributed by atoms with Crippen molar-refractivity contribution in [2.24, 2.45) is 0 Å². The zero-order chi connectivity index (χ0) is 16.8. The van der Waals surface area contributed by atoms with Gasteiger partial charge >= 0.3 is 0 Å². The number of rotatable bonds is 7.